The summed E-state index contributed by atoms with van der Waals surface area (Å²) in [5.41, 5.74) is 2.73. The summed E-state index contributed by atoms with van der Waals surface area (Å²) in [5.74, 6) is 2.68. The summed E-state index contributed by atoms with van der Waals surface area (Å²) >= 11 is 0. The number of carbonyl (C=O) groups excluding carboxylic acids is 1. The monoisotopic (exact) mass is 428 g/mol. The minimum absolute atomic E-state index is 0.127. The molecule has 1 N–H and O–H groups in total. The Bertz CT molecular complexity index is 1080. The van der Waals surface area contributed by atoms with E-state index in [0.717, 1.165) is 44.1 Å². The van der Waals surface area contributed by atoms with Crippen LogP contribution in [0.2, 0.25) is 0 Å². The molecule has 1 saturated heterocycles. The lowest BCUT2D eigenvalue weighted by molar-refractivity contribution is 0.0963. The van der Waals surface area contributed by atoms with Crippen molar-refractivity contribution in [1.82, 2.24) is 15.0 Å². The number of fused-ring (bicyclic) bond motifs is 1. The van der Waals surface area contributed by atoms with Gasteiger partial charge in [0.15, 0.2) is 5.78 Å². The van der Waals surface area contributed by atoms with Crippen molar-refractivity contribution in [3.8, 4) is 0 Å². The molecule has 0 radical (unpaired) electrons. The number of nitrogens with one attached hydrogen (secondary N) is 1. The summed E-state index contributed by atoms with van der Waals surface area (Å²) in [5, 5.41) is 3.32. The zero-order valence-electron chi connectivity index (χ0n) is 18.4. The van der Waals surface area contributed by atoms with Crippen LogP contribution in [-0.4, -0.2) is 53.5 Å². The molecule has 0 bridgehead atoms. The lowest BCUT2D eigenvalue weighted by Crippen LogP contribution is -2.47. The Morgan fingerprint density at radius 3 is 2.41 bits per heavy atom. The Labute approximate surface area is 188 Å². The van der Waals surface area contributed by atoms with Gasteiger partial charge in [-0.15, -0.1) is 0 Å². The van der Waals surface area contributed by atoms with E-state index in [2.05, 4.69) is 32.2 Å². The van der Waals surface area contributed by atoms with Gasteiger partial charge in [-0.05, 0) is 37.0 Å². The van der Waals surface area contributed by atoms with E-state index in [4.69, 9.17) is 9.97 Å². The van der Waals surface area contributed by atoms with Crippen LogP contribution in [-0.2, 0) is 6.42 Å². The number of nitrogens with zero attached hydrogens (tertiary/aromatic N) is 5. The Balaban J connectivity index is 1.41. The minimum atomic E-state index is 0.127. The molecule has 0 saturated carbocycles. The van der Waals surface area contributed by atoms with E-state index in [9.17, 15) is 4.79 Å². The van der Waals surface area contributed by atoms with E-state index in [1.54, 1.807) is 0 Å². The molecule has 5 rings (SSSR count). The fourth-order valence-corrected chi connectivity index (χ4v) is 4.64. The molecule has 2 aliphatic rings. The quantitative estimate of drug-likeness (QED) is 0.666. The Hall–Kier alpha value is -3.48. The lowest BCUT2D eigenvalue weighted by atomic mass is 9.82. The van der Waals surface area contributed by atoms with E-state index < -0.39 is 0 Å². The average Bonchev–Trinajstić information content (AvgIpc) is 2.85. The number of hydrogen-bond donors (Lipinski definition) is 1. The first kappa shape index (κ1) is 20.4. The van der Waals surface area contributed by atoms with Gasteiger partial charge in [-0.3, -0.25) is 4.79 Å². The van der Waals surface area contributed by atoms with Gasteiger partial charge in [0.25, 0.3) is 0 Å². The van der Waals surface area contributed by atoms with Crippen molar-refractivity contribution in [3.63, 3.8) is 0 Å². The summed E-state index contributed by atoms with van der Waals surface area (Å²) in [6, 6.07) is 16.3. The summed E-state index contributed by atoms with van der Waals surface area (Å²) < 4.78 is 0. The number of Topliss-reactive ketones (excluding diaryl/α,β-unsaturated/α-hetero) is 1. The third-order valence-corrected chi connectivity index (χ3v) is 6.27. The molecule has 1 fully saturated rings. The minimum Gasteiger partial charge on any atom is -0.370 e. The van der Waals surface area contributed by atoms with Crippen molar-refractivity contribution < 1.29 is 4.79 Å². The number of benzene rings is 1. The van der Waals surface area contributed by atoms with E-state index in [1.807, 2.05) is 49.5 Å². The van der Waals surface area contributed by atoms with Crippen LogP contribution in [0.25, 0.3) is 0 Å². The number of pyridine rings is 1. The Kier molecular flexibility index (Phi) is 5.71. The number of anilines is 3. The van der Waals surface area contributed by atoms with Crippen LogP contribution < -0.4 is 15.1 Å². The van der Waals surface area contributed by atoms with Crippen LogP contribution in [0.3, 0.4) is 0 Å². The normalized spacial score (nSPS) is 18.4. The zero-order chi connectivity index (χ0) is 21.9. The van der Waals surface area contributed by atoms with E-state index in [-0.39, 0.29) is 11.7 Å². The summed E-state index contributed by atoms with van der Waals surface area (Å²) in [6.07, 6.45) is 3.09. The molecule has 7 nitrogen and oxygen atoms in total. The molecule has 1 aromatic carbocycles. The van der Waals surface area contributed by atoms with Gasteiger partial charge in [0.1, 0.15) is 11.6 Å². The number of rotatable bonds is 5. The third kappa shape index (κ3) is 4.02. The second kappa shape index (κ2) is 8.94. The van der Waals surface area contributed by atoms with Gasteiger partial charge in [0, 0.05) is 45.3 Å². The van der Waals surface area contributed by atoms with E-state index in [1.165, 1.54) is 5.56 Å². The van der Waals surface area contributed by atoms with Crippen molar-refractivity contribution in [1.29, 1.82) is 0 Å². The van der Waals surface area contributed by atoms with Crippen LogP contribution >= 0.6 is 0 Å². The highest BCUT2D eigenvalue weighted by molar-refractivity contribution is 6.03. The molecule has 7 heteroatoms. The first-order valence-electron chi connectivity index (χ1n) is 11.4. The lowest BCUT2D eigenvalue weighted by Gasteiger charge is -2.36. The standard InChI is InChI=1S/C25H28N6O/c1-2-26-24-23-20(16-19(17-21(23)32)18-8-4-3-5-9-18)28-25(29-24)31-14-12-30(13-15-31)22-10-6-7-11-27-22/h3-11,19H,2,12-17H2,1H3,(H,26,28,29)/t19-/m0/s1. The number of carbonyl (C=O) groups is 1. The Morgan fingerprint density at radius 2 is 1.69 bits per heavy atom. The summed E-state index contributed by atoms with van der Waals surface area (Å²) in [6.45, 7) is 6.10. The Morgan fingerprint density at radius 1 is 0.938 bits per heavy atom. The molecule has 0 unspecified atom stereocenters. The average molecular weight is 429 g/mol. The molecule has 1 atom stereocenters. The summed E-state index contributed by atoms with van der Waals surface area (Å²) in [7, 11) is 0. The van der Waals surface area contributed by atoms with Crippen LogP contribution in [0.4, 0.5) is 17.6 Å². The molecule has 0 spiro atoms. The first-order chi connectivity index (χ1) is 15.7. The predicted molar refractivity (Wildman–Crippen MR) is 127 cm³/mol. The third-order valence-electron chi connectivity index (χ3n) is 6.27. The maximum atomic E-state index is 13.1. The number of aromatic nitrogens is 3. The molecule has 2 aromatic heterocycles. The fourth-order valence-electron chi connectivity index (χ4n) is 4.64. The highest BCUT2D eigenvalue weighted by atomic mass is 16.1. The molecule has 1 aliphatic carbocycles. The molecular weight excluding hydrogens is 400 g/mol. The van der Waals surface area contributed by atoms with Gasteiger partial charge in [0.05, 0.1) is 11.3 Å². The highest BCUT2D eigenvalue weighted by Gasteiger charge is 2.32. The van der Waals surface area contributed by atoms with Gasteiger partial charge in [-0.25, -0.2) is 9.97 Å². The molecular formula is C25H28N6O. The number of ketones is 1. The van der Waals surface area contributed by atoms with Crippen molar-refractivity contribution in [3.05, 3.63) is 71.5 Å². The van der Waals surface area contributed by atoms with Crippen molar-refractivity contribution >= 4 is 23.4 Å². The second-order valence-electron chi connectivity index (χ2n) is 8.33. The van der Waals surface area contributed by atoms with Crippen LogP contribution in [0, 0.1) is 0 Å². The topological polar surface area (TPSA) is 74.2 Å². The van der Waals surface area contributed by atoms with Crippen molar-refractivity contribution in [2.75, 3.05) is 47.8 Å². The summed E-state index contributed by atoms with van der Waals surface area (Å²) in [4.78, 5) is 31.8. The predicted octanol–water partition coefficient (Wildman–Crippen LogP) is 3.54. The molecule has 32 heavy (non-hydrogen) atoms. The SMILES string of the molecule is CCNc1nc(N2CCN(c3ccccn3)CC2)nc2c1C(=O)C[C@@H](c1ccccc1)C2. The molecule has 3 heterocycles. The largest absolute Gasteiger partial charge is 0.370 e. The van der Waals surface area contributed by atoms with Crippen molar-refractivity contribution in [2.45, 2.75) is 25.7 Å². The number of hydrogen-bond acceptors (Lipinski definition) is 7. The van der Waals surface area contributed by atoms with Crippen LogP contribution in [0.5, 0.6) is 0 Å². The molecule has 0 amide bonds. The maximum absolute atomic E-state index is 13.1. The zero-order valence-corrected chi connectivity index (χ0v) is 18.4. The van der Waals surface area contributed by atoms with Crippen LogP contribution in [0.1, 0.15) is 40.9 Å². The smallest absolute Gasteiger partial charge is 0.227 e. The molecule has 3 aromatic rings. The van der Waals surface area contributed by atoms with Gasteiger partial charge in [-0.2, -0.15) is 4.98 Å². The van der Waals surface area contributed by atoms with Gasteiger partial charge >= 0.3 is 0 Å². The van der Waals surface area contributed by atoms with Crippen molar-refractivity contribution in [2.24, 2.45) is 0 Å². The fraction of sp³-hybridized carbons (Fsp3) is 0.360. The van der Waals surface area contributed by atoms with Gasteiger partial charge in [-0.1, -0.05) is 36.4 Å². The van der Waals surface area contributed by atoms with E-state index in [0.29, 0.717) is 30.3 Å². The second-order valence-corrected chi connectivity index (χ2v) is 8.33. The first-order valence-corrected chi connectivity index (χ1v) is 11.4. The van der Waals surface area contributed by atoms with Gasteiger partial charge < -0.3 is 15.1 Å². The van der Waals surface area contributed by atoms with E-state index >= 15 is 0 Å². The number of piperazine rings is 1. The van der Waals surface area contributed by atoms with Crippen LogP contribution in [0.15, 0.2) is 54.7 Å². The van der Waals surface area contributed by atoms with Gasteiger partial charge in [0.2, 0.25) is 5.95 Å². The molecule has 164 valence electrons. The molecule has 1 aliphatic heterocycles. The maximum Gasteiger partial charge on any atom is 0.227 e. The highest BCUT2D eigenvalue weighted by Crippen LogP contribution is 2.35.